The van der Waals surface area contributed by atoms with E-state index in [-0.39, 0.29) is 6.10 Å². The van der Waals surface area contributed by atoms with Crippen LogP contribution in [0.2, 0.25) is 0 Å². The van der Waals surface area contributed by atoms with Crippen molar-refractivity contribution in [2.45, 2.75) is 25.4 Å². The Kier molecular flexibility index (Phi) is 2.65. The number of benzene rings is 1. The Morgan fingerprint density at radius 3 is 2.76 bits per heavy atom. The summed E-state index contributed by atoms with van der Waals surface area (Å²) in [6.07, 6.45) is 0.898. The van der Waals surface area contributed by atoms with Gasteiger partial charge in [0.25, 0.3) is 5.89 Å². The predicted molar refractivity (Wildman–Crippen MR) is 61.5 cm³/mol. The molecule has 0 amide bonds. The lowest BCUT2D eigenvalue weighted by atomic mass is 9.92. The molecule has 1 aromatic carbocycles. The highest BCUT2D eigenvalue weighted by molar-refractivity contribution is 5.22. The van der Waals surface area contributed by atoms with Gasteiger partial charge in [-0.15, -0.1) is 0 Å². The van der Waals surface area contributed by atoms with E-state index in [1.165, 1.54) is 5.56 Å². The van der Waals surface area contributed by atoms with Gasteiger partial charge in [0, 0.05) is 12.5 Å². The van der Waals surface area contributed by atoms with Crippen molar-refractivity contribution in [2.24, 2.45) is 0 Å². The monoisotopic (exact) mass is 230 g/mol. The van der Waals surface area contributed by atoms with Gasteiger partial charge in [-0.2, -0.15) is 4.98 Å². The molecule has 2 heterocycles. The zero-order valence-corrected chi connectivity index (χ0v) is 9.67. The van der Waals surface area contributed by atoms with Gasteiger partial charge in [-0.3, -0.25) is 0 Å². The number of hydrogen-bond donors (Lipinski definition) is 0. The van der Waals surface area contributed by atoms with Crippen LogP contribution in [0, 0.1) is 6.92 Å². The van der Waals surface area contributed by atoms with Crippen LogP contribution in [0.3, 0.4) is 0 Å². The van der Waals surface area contributed by atoms with Gasteiger partial charge in [0.05, 0.1) is 0 Å². The molecule has 4 nitrogen and oxygen atoms in total. The largest absolute Gasteiger partial charge is 0.368 e. The Balaban J connectivity index is 1.90. The van der Waals surface area contributed by atoms with Crippen LogP contribution in [0.1, 0.15) is 35.7 Å². The van der Waals surface area contributed by atoms with Crippen molar-refractivity contribution < 1.29 is 9.26 Å². The highest BCUT2D eigenvalue weighted by atomic mass is 16.5. The second-order valence-electron chi connectivity index (χ2n) is 4.28. The minimum atomic E-state index is -0.0985. The number of nitrogens with zero attached hydrogens (tertiary/aromatic N) is 2. The van der Waals surface area contributed by atoms with E-state index in [2.05, 4.69) is 22.3 Å². The molecule has 17 heavy (non-hydrogen) atoms. The molecule has 0 saturated carbocycles. The number of aryl methyl sites for hydroxylation is 1. The lowest BCUT2D eigenvalue weighted by Crippen LogP contribution is -2.06. The first-order valence-corrected chi connectivity index (χ1v) is 5.81. The molecule has 1 aromatic heterocycles. The molecule has 0 bridgehead atoms. The van der Waals surface area contributed by atoms with Gasteiger partial charge in [-0.05, 0) is 18.9 Å². The topological polar surface area (TPSA) is 48.2 Å². The summed E-state index contributed by atoms with van der Waals surface area (Å²) in [5, 5.41) is 3.82. The fourth-order valence-electron chi connectivity index (χ4n) is 2.30. The molecule has 1 aliphatic rings. The smallest absolute Gasteiger partial charge is 0.256 e. The van der Waals surface area contributed by atoms with Gasteiger partial charge in [-0.25, -0.2) is 0 Å². The summed E-state index contributed by atoms with van der Waals surface area (Å²) in [6, 6.07) is 10.4. The van der Waals surface area contributed by atoms with Crippen LogP contribution < -0.4 is 0 Å². The second kappa shape index (κ2) is 4.30. The average molecular weight is 230 g/mol. The van der Waals surface area contributed by atoms with Gasteiger partial charge >= 0.3 is 0 Å². The molecule has 3 rings (SSSR count). The summed E-state index contributed by atoms with van der Waals surface area (Å²) in [4.78, 5) is 4.27. The fourth-order valence-corrected chi connectivity index (χ4v) is 2.30. The number of rotatable bonds is 2. The van der Waals surface area contributed by atoms with Crippen LogP contribution >= 0.6 is 0 Å². The van der Waals surface area contributed by atoms with Crippen LogP contribution in [0.5, 0.6) is 0 Å². The van der Waals surface area contributed by atoms with E-state index in [9.17, 15) is 0 Å². The third-order valence-corrected chi connectivity index (χ3v) is 3.11. The van der Waals surface area contributed by atoms with Crippen molar-refractivity contribution in [3.8, 4) is 0 Å². The van der Waals surface area contributed by atoms with E-state index < -0.39 is 0 Å². The molecule has 2 aromatic rings. The van der Waals surface area contributed by atoms with Crippen molar-refractivity contribution in [3.63, 3.8) is 0 Å². The molecule has 2 atom stereocenters. The summed E-state index contributed by atoms with van der Waals surface area (Å²) < 4.78 is 10.9. The maximum atomic E-state index is 5.72. The van der Waals surface area contributed by atoms with E-state index in [4.69, 9.17) is 9.26 Å². The molecule has 0 aliphatic carbocycles. The summed E-state index contributed by atoms with van der Waals surface area (Å²) in [6.45, 7) is 2.56. The average Bonchev–Trinajstić information content (AvgIpc) is 2.98. The summed E-state index contributed by atoms with van der Waals surface area (Å²) in [5.41, 5.74) is 1.27. The van der Waals surface area contributed by atoms with Gasteiger partial charge in [0.2, 0.25) is 0 Å². The maximum absolute atomic E-state index is 5.72. The number of ether oxygens (including phenoxy) is 1. The maximum Gasteiger partial charge on any atom is 0.256 e. The Morgan fingerprint density at radius 1 is 1.24 bits per heavy atom. The normalized spacial score (nSPS) is 24.1. The molecule has 0 N–H and O–H groups in total. The molecular formula is C13H14N2O2. The molecule has 88 valence electrons. The lowest BCUT2D eigenvalue weighted by Gasteiger charge is -2.14. The van der Waals surface area contributed by atoms with E-state index in [1.807, 2.05) is 25.1 Å². The van der Waals surface area contributed by atoms with E-state index in [0.717, 1.165) is 13.0 Å². The second-order valence-corrected chi connectivity index (χ2v) is 4.28. The first-order valence-electron chi connectivity index (χ1n) is 5.81. The molecule has 0 unspecified atom stereocenters. The molecule has 4 heteroatoms. The lowest BCUT2D eigenvalue weighted by molar-refractivity contribution is 0.0758. The Hall–Kier alpha value is -1.68. The minimum Gasteiger partial charge on any atom is -0.368 e. The highest BCUT2D eigenvalue weighted by Gasteiger charge is 2.34. The number of aromatic nitrogens is 2. The standard InChI is InChI=1S/C13H14N2O2/c1-9-14-13(17-15-9)12-11(7-8-16-12)10-5-3-2-4-6-10/h2-6,11-12H,7-8H2,1H3/t11-,12-/m0/s1. The van der Waals surface area contributed by atoms with Crippen molar-refractivity contribution >= 4 is 0 Å². The van der Waals surface area contributed by atoms with Crippen molar-refractivity contribution in [1.82, 2.24) is 10.1 Å². The predicted octanol–water partition coefficient (Wildman–Crippen LogP) is 2.62. The van der Waals surface area contributed by atoms with Gasteiger partial charge in [0.15, 0.2) is 5.82 Å². The van der Waals surface area contributed by atoms with Crippen LogP contribution in [0.25, 0.3) is 0 Å². The quantitative estimate of drug-likeness (QED) is 0.795. The van der Waals surface area contributed by atoms with Crippen LogP contribution in [0.4, 0.5) is 0 Å². The Bertz CT molecular complexity index is 495. The molecular weight excluding hydrogens is 216 g/mol. The van der Waals surface area contributed by atoms with E-state index in [1.54, 1.807) is 0 Å². The first kappa shape index (κ1) is 10.5. The minimum absolute atomic E-state index is 0.0985. The van der Waals surface area contributed by atoms with E-state index >= 15 is 0 Å². The van der Waals surface area contributed by atoms with Crippen molar-refractivity contribution in [2.75, 3.05) is 6.61 Å². The molecule has 0 radical (unpaired) electrons. The third-order valence-electron chi connectivity index (χ3n) is 3.11. The van der Waals surface area contributed by atoms with Crippen LogP contribution in [-0.2, 0) is 4.74 Å². The molecule has 0 spiro atoms. The zero-order chi connectivity index (χ0) is 11.7. The summed E-state index contributed by atoms with van der Waals surface area (Å²) in [7, 11) is 0. The van der Waals surface area contributed by atoms with Crippen molar-refractivity contribution in [3.05, 3.63) is 47.6 Å². The Labute approximate surface area is 99.6 Å². The fraction of sp³-hybridized carbons (Fsp3) is 0.385. The molecule has 1 aliphatic heterocycles. The number of hydrogen-bond acceptors (Lipinski definition) is 4. The third kappa shape index (κ3) is 1.96. The molecule has 1 fully saturated rings. The first-order chi connectivity index (χ1) is 8.34. The Morgan fingerprint density at radius 2 is 2.06 bits per heavy atom. The van der Waals surface area contributed by atoms with E-state index in [0.29, 0.717) is 17.6 Å². The SMILES string of the molecule is Cc1noc([C@H]2OCC[C@H]2c2ccccc2)n1. The van der Waals surface area contributed by atoms with Crippen LogP contribution in [-0.4, -0.2) is 16.7 Å². The van der Waals surface area contributed by atoms with Crippen LogP contribution in [0.15, 0.2) is 34.9 Å². The highest BCUT2D eigenvalue weighted by Crippen LogP contribution is 2.40. The van der Waals surface area contributed by atoms with Gasteiger partial charge < -0.3 is 9.26 Å². The zero-order valence-electron chi connectivity index (χ0n) is 9.67. The van der Waals surface area contributed by atoms with Crippen molar-refractivity contribution in [1.29, 1.82) is 0 Å². The van der Waals surface area contributed by atoms with Gasteiger partial charge in [0.1, 0.15) is 6.10 Å². The molecule has 1 saturated heterocycles. The summed E-state index contributed by atoms with van der Waals surface area (Å²) in [5.74, 6) is 1.56. The summed E-state index contributed by atoms with van der Waals surface area (Å²) >= 11 is 0. The van der Waals surface area contributed by atoms with Gasteiger partial charge in [-0.1, -0.05) is 35.5 Å².